The first-order valence-corrected chi connectivity index (χ1v) is 9.94. The molecule has 2 heterocycles. The second-order valence-electron chi connectivity index (χ2n) is 7.07. The van der Waals surface area contributed by atoms with Crippen LogP contribution in [0.25, 0.3) is 5.76 Å². The van der Waals surface area contributed by atoms with Crippen molar-refractivity contribution in [2.45, 2.75) is 12.6 Å². The Kier molecular flexibility index (Phi) is 7.18. The Hall–Kier alpha value is -3.35. The molecule has 0 saturated carbocycles. The molecule has 1 aliphatic heterocycles. The molecule has 0 bridgehead atoms. The molecule has 0 aliphatic carbocycles. The highest BCUT2D eigenvalue weighted by atomic mass is 35.5. The van der Waals surface area contributed by atoms with E-state index in [-0.39, 0.29) is 30.3 Å². The largest absolute Gasteiger partial charge is 0.507 e. The van der Waals surface area contributed by atoms with Crippen LogP contribution in [0.15, 0.2) is 78.6 Å². The van der Waals surface area contributed by atoms with E-state index in [0.29, 0.717) is 21.9 Å². The van der Waals surface area contributed by atoms with E-state index in [1.807, 2.05) is 6.07 Å². The number of nitrogens with zero attached hydrogens (tertiary/aromatic N) is 2. The van der Waals surface area contributed by atoms with Gasteiger partial charge in [0.2, 0.25) is 0 Å². The lowest BCUT2D eigenvalue weighted by atomic mass is 9.95. The van der Waals surface area contributed by atoms with Crippen molar-refractivity contribution in [3.05, 3.63) is 100 Å². The zero-order chi connectivity index (χ0) is 22.0. The fraction of sp³-hybridized carbons (Fsp3) is 0.125. The van der Waals surface area contributed by atoms with Gasteiger partial charge >= 0.3 is 0 Å². The van der Waals surface area contributed by atoms with Crippen molar-refractivity contribution in [2.24, 2.45) is 0 Å². The molecule has 1 fully saturated rings. The molecule has 1 saturated heterocycles. The molecule has 1 unspecified atom stereocenters. The second-order valence-corrected chi connectivity index (χ2v) is 7.50. The lowest BCUT2D eigenvalue weighted by molar-refractivity contribution is -0.140. The molecular formula is C24H20Cl2N2O4. The summed E-state index contributed by atoms with van der Waals surface area (Å²) < 4.78 is 5.22. The summed E-state index contributed by atoms with van der Waals surface area (Å²) >= 11 is 5.95. The van der Waals surface area contributed by atoms with Crippen LogP contribution in [-0.2, 0) is 16.1 Å². The predicted molar refractivity (Wildman–Crippen MR) is 124 cm³/mol. The van der Waals surface area contributed by atoms with E-state index in [2.05, 4.69) is 4.98 Å². The number of amides is 1. The molecule has 6 nitrogen and oxygen atoms in total. The van der Waals surface area contributed by atoms with Gasteiger partial charge in [0.25, 0.3) is 11.7 Å². The van der Waals surface area contributed by atoms with Crippen LogP contribution in [0.3, 0.4) is 0 Å². The topological polar surface area (TPSA) is 79.7 Å². The van der Waals surface area contributed by atoms with E-state index in [1.54, 1.807) is 74.1 Å². The van der Waals surface area contributed by atoms with Crippen LogP contribution in [0, 0.1) is 0 Å². The van der Waals surface area contributed by atoms with E-state index < -0.39 is 17.7 Å². The number of carbonyl (C=O) groups is 2. The summed E-state index contributed by atoms with van der Waals surface area (Å²) in [7, 11) is 1.56. The molecule has 1 amide bonds. The van der Waals surface area contributed by atoms with Gasteiger partial charge in [-0.2, -0.15) is 0 Å². The molecule has 2 aromatic carbocycles. The monoisotopic (exact) mass is 470 g/mol. The molecule has 1 N–H and O–H groups in total. The summed E-state index contributed by atoms with van der Waals surface area (Å²) in [6.45, 7) is 0.173. The van der Waals surface area contributed by atoms with Crippen LogP contribution in [-0.4, -0.2) is 33.8 Å². The van der Waals surface area contributed by atoms with Crippen LogP contribution in [0.5, 0.6) is 5.75 Å². The number of hydrogen-bond acceptors (Lipinski definition) is 5. The standard InChI is InChI=1S/C24H19ClN2O4.ClH/c1-31-19-10-6-16(7-11-19)21-20(22(28)17-4-8-18(25)9-5-17)23(29)24(30)27(21)14-15-3-2-12-26-13-15;/h2-13,21,28H,14H2,1H3;1H/b22-20+;. The van der Waals surface area contributed by atoms with Gasteiger partial charge in [0.15, 0.2) is 0 Å². The predicted octanol–water partition coefficient (Wildman–Crippen LogP) is 4.79. The van der Waals surface area contributed by atoms with Crippen LogP contribution in [0.1, 0.15) is 22.7 Å². The number of benzene rings is 2. The highest BCUT2D eigenvalue weighted by Crippen LogP contribution is 2.40. The van der Waals surface area contributed by atoms with Gasteiger partial charge in [-0.1, -0.05) is 29.8 Å². The van der Waals surface area contributed by atoms with Crippen LogP contribution in [0.2, 0.25) is 5.02 Å². The lowest BCUT2D eigenvalue weighted by Gasteiger charge is -2.25. The molecule has 0 radical (unpaired) electrons. The molecule has 3 aromatic rings. The highest BCUT2D eigenvalue weighted by molar-refractivity contribution is 6.46. The summed E-state index contributed by atoms with van der Waals surface area (Å²) in [6, 6.07) is 16.3. The molecule has 0 spiro atoms. The van der Waals surface area contributed by atoms with Gasteiger partial charge in [0.05, 0.1) is 18.7 Å². The Bertz CT molecular complexity index is 1150. The molecule has 32 heavy (non-hydrogen) atoms. The van der Waals surface area contributed by atoms with Crippen molar-refractivity contribution in [3.8, 4) is 5.75 Å². The Balaban J connectivity index is 0.00000289. The smallest absolute Gasteiger partial charge is 0.295 e. The van der Waals surface area contributed by atoms with Crippen molar-refractivity contribution in [1.29, 1.82) is 0 Å². The van der Waals surface area contributed by atoms with Gasteiger partial charge in [0.1, 0.15) is 11.5 Å². The quantitative estimate of drug-likeness (QED) is 0.329. The number of likely N-dealkylation sites (tertiary alicyclic amines) is 1. The van der Waals surface area contributed by atoms with E-state index in [9.17, 15) is 14.7 Å². The SMILES string of the molecule is COc1ccc(C2/C(=C(\O)c3ccc(Cl)cc3)C(=O)C(=O)N2Cc2cccnc2)cc1.Cl. The number of Topliss-reactive ketones (excluding diaryl/α,β-unsaturated/α-hetero) is 1. The third kappa shape index (κ3) is 4.47. The number of aliphatic hydroxyl groups excluding tert-OH is 1. The van der Waals surface area contributed by atoms with Crippen molar-refractivity contribution in [3.63, 3.8) is 0 Å². The number of carbonyl (C=O) groups excluding carboxylic acids is 2. The number of halogens is 2. The van der Waals surface area contributed by atoms with E-state index in [0.717, 1.165) is 5.56 Å². The van der Waals surface area contributed by atoms with Gasteiger partial charge < -0.3 is 14.7 Å². The summed E-state index contributed by atoms with van der Waals surface area (Å²) in [5.74, 6) is -1.02. The third-order valence-corrected chi connectivity index (χ3v) is 5.42. The van der Waals surface area contributed by atoms with Crippen molar-refractivity contribution in [1.82, 2.24) is 9.88 Å². The van der Waals surface area contributed by atoms with Gasteiger partial charge in [0, 0.05) is 29.5 Å². The average Bonchev–Trinajstić information content (AvgIpc) is 3.05. The number of rotatable bonds is 5. The summed E-state index contributed by atoms with van der Waals surface area (Å²) in [6.07, 6.45) is 3.28. The van der Waals surface area contributed by atoms with Gasteiger partial charge in [-0.3, -0.25) is 14.6 Å². The first-order chi connectivity index (χ1) is 15.0. The average molecular weight is 471 g/mol. The van der Waals surface area contributed by atoms with Crippen LogP contribution >= 0.6 is 24.0 Å². The molecular weight excluding hydrogens is 451 g/mol. The maximum absolute atomic E-state index is 13.0. The molecule has 164 valence electrons. The highest BCUT2D eigenvalue weighted by Gasteiger charge is 2.46. The minimum absolute atomic E-state index is 0. The number of ether oxygens (including phenoxy) is 1. The van der Waals surface area contributed by atoms with E-state index in [4.69, 9.17) is 16.3 Å². The number of hydrogen-bond donors (Lipinski definition) is 1. The van der Waals surface area contributed by atoms with Crippen molar-refractivity contribution in [2.75, 3.05) is 7.11 Å². The number of methoxy groups -OCH3 is 1. The Morgan fingerprint density at radius 3 is 2.38 bits per heavy atom. The zero-order valence-electron chi connectivity index (χ0n) is 17.1. The maximum Gasteiger partial charge on any atom is 0.295 e. The minimum atomic E-state index is -0.762. The van der Waals surface area contributed by atoms with Crippen molar-refractivity contribution < 1.29 is 19.4 Å². The van der Waals surface area contributed by atoms with Gasteiger partial charge in [-0.15, -0.1) is 12.4 Å². The number of ketones is 1. The molecule has 1 aromatic heterocycles. The maximum atomic E-state index is 13.0. The van der Waals surface area contributed by atoms with Crippen molar-refractivity contribution >= 4 is 41.5 Å². The lowest BCUT2D eigenvalue weighted by Crippen LogP contribution is -2.29. The van der Waals surface area contributed by atoms with E-state index in [1.165, 1.54) is 4.90 Å². The van der Waals surface area contributed by atoms with Gasteiger partial charge in [-0.25, -0.2) is 0 Å². The van der Waals surface area contributed by atoms with Crippen LogP contribution in [0.4, 0.5) is 0 Å². The number of aliphatic hydroxyl groups is 1. The fourth-order valence-corrected chi connectivity index (χ4v) is 3.75. The Morgan fingerprint density at radius 1 is 1.09 bits per heavy atom. The third-order valence-electron chi connectivity index (χ3n) is 5.16. The first-order valence-electron chi connectivity index (χ1n) is 9.57. The summed E-state index contributed by atoms with van der Waals surface area (Å²) in [4.78, 5) is 31.5. The molecule has 4 rings (SSSR count). The number of pyridine rings is 1. The molecule has 1 aliphatic rings. The Labute approximate surface area is 196 Å². The van der Waals surface area contributed by atoms with E-state index >= 15 is 0 Å². The fourth-order valence-electron chi connectivity index (χ4n) is 3.63. The minimum Gasteiger partial charge on any atom is -0.507 e. The molecule has 8 heteroatoms. The second kappa shape index (κ2) is 9.85. The van der Waals surface area contributed by atoms with Gasteiger partial charge in [-0.05, 0) is 53.6 Å². The normalized spacial score (nSPS) is 17.2. The zero-order valence-corrected chi connectivity index (χ0v) is 18.6. The summed E-state index contributed by atoms with van der Waals surface area (Å²) in [5.41, 5.74) is 1.89. The summed E-state index contributed by atoms with van der Waals surface area (Å²) in [5, 5.41) is 11.5. The number of aromatic nitrogens is 1. The first kappa shape index (κ1) is 23.3. The Morgan fingerprint density at radius 2 is 1.78 bits per heavy atom. The van der Waals surface area contributed by atoms with Crippen LogP contribution < -0.4 is 4.74 Å². The molecule has 1 atom stereocenters.